The monoisotopic (exact) mass is 312 g/mol. The van der Waals surface area contributed by atoms with Crippen molar-refractivity contribution < 1.29 is 9.53 Å². The van der Waals surface area contributed by atoms with Crippen molar-refractivity contribution >= 4 is 22.5 Å². The summed E-state index contributed by atoms with van der Waals surface area (Å²) in [4.78, 5) is 15.7. The van der Waals surface area contributed by atoms with Gasteiger partial charge < -0.3 is 19.2 Å². The van der Waals surface area contributed by atoms with E-state index in [4.69, 9.17) is 4.74 Å². The number of fused-ring (bicyclic) bond motifs is 1. The number of amides is 1. The second kappa shape index (κ2) is 5.79. The number of ether oxygens (including phenoxy) is 1. The number of aryl methyl sites for hydroxylation is 3. The number of carbonyl (C=O) groups excluding carboxylic acids is 1. The summed E-state index contributed by atoms with van der Waals surface area (Å²) in [6.45, 7) is 3.93. The van der Waals surface area contributed by atoms with Crippen LogP contribution in [-0.4, -0.2) is 20.0 Å². The Balaban J connectivity index is 2.07. The highest BCUT2D eigenvalue weighted by Crippen LogP contribution is 2.38. The minimum absolute atomic E-state index is 0.121. The Morgan fingerprint density at radius 2 is 2.13 bits per heavy atom. The quantitative estimate of drug-likeness (QED) is 0.806. The molecule has 3 aromatic rings. The van der Waals surface area contributed by atoms with Crippen molar-refractivity contribution in [1.29, 1.82) is 0 Å². The van der Waals surface area contributed by atoms with Gasteiger partial charge in [-0.05, 0) is 12.5 Å². The van der Waals surface area contributed by atoms with Gasteiger partial charge in [0.25, 0.3) is 0 Å². The van der Waals surface area contributed by atoms with Gasteiger partial charge >= 0.3 is 0 Å². The molecule has 3 rings (SSSR count). The van der Waals surface area contributed by atoms with E-state index in [-0.39, 0.29) is 5.91 Å². The van der Waals surface area contributed by atoms with Crippen LogP contribution in [0.4, 0.5) is 5.69 Å². The van der Waals surface area contributed by atoms with E-state index >= 15 is 0 Å². The summed E-state index contributed by atoms with van der Waals surface area (Å²) in [6, 6.07) is 6.02. The molecule has 1 N–H and O–H groups in total. The van der Waals surface area contributed by atoms with Crippen molar-refractivity contribution in [2.24, 2.45) is 14.1 Å². The average Bonchev–Trinajstić information content (AvgIpc) is 3.01. The topological polar surface area (TPSA) is 61.1 Å². The molecule has 0 saturated carbocycles. The zero-order valence-electron chi connectivity index (χ0n) is 13.8. The highest BCUT2D eigenvalue weighted by atomic mass is 16.5. The number of imidazole rings is 1. The lowest BCUT2D eigenvalue weighted by Crippen LogP contribution is -2.09. The molecule has 0 bridgehead atoms. The second-order valence-electron chi connectivity index (χ2n) is 5.68. The molecule has 0 aliphatic heterocycles. The summed E-state index contributed by atoms with van der Waals surface area (Å²) in [5.74, 6) is 0.523. The van der Waals surface area contributed by atoms with Crippen LogP contribution in [-0.2, 0) is 25.5 Å². The molecule has 0 radical (unpaired) electrons. The normalized spacial score (nSPS) is 11.0. The zero-order valence-corrected chi connectivity index (χ0v) is 13.8. The first-order valence-electron chi connectivity index (χ1n) is 7.42. The molecule has 0 spiro atoms. The van der Waals surface area contributed by atoms with E-state index in [1.165, 1.54) is 6.92 Å². The lowest BCUT2D eigenvalue weighted by atomic mass is 10.1. The van der Waals surface area contributed by atoms with Crippen LogP contribution in [0.1, 0.15) is 18.2 Å². The molecule has 2 aromatic heterocycles. The molecule has 6 nitrogen and oxygen atoms in total. The van der Waals surface area contributed by atoms with Crippen LogP contribution in [0.3, 0.4) is 0 Å². The van der Waals surface area contributed by atoms with Gasteiger partial charge in [-0.2, -0.15) is 0 Å². The molecule has 0 atom stereocenters. The standard InChI is InChI=1S/C17H20N4O2/c1-11-6-5-7-14-15(19-12(2)22)17(21(4)16(11)14)23-9-13-8-18-10-20(13)3/h5-8,10H,9H2,1-4H3,(H,19,22). The van der Waals surface area contributed by atoms with Crippen molar-refractivity contribution in [3.8, 4) is 5.88 Å². The van der Waals surface area contributed by atoms with Crippen LogP contribution in [0.25, 0.3) is 10.9 Å². The molecule has 1 aromatic carbocycles. The fourth-order valence-corrected chi connectivity index (χ4v) is 2.82. The maximum atomic E-state index is 11.6. The summed E-state index contributed by atoms with van der Waals surface area (Å²) in [5, 5.41) is 3.88. The lowest BCUT2D eigenvalue weighted by Gasteiger charge is -2.11. The fraction of sp³-hybridized carbons (Fsp3) is 0.294. The van der Waals surface area contributed by atoms with Crippen LogP contribution in [0.5, 0.6) is 5.88 Å². The van der Waals surface area contributed by atoms with Crippen molar-refractivity contribution in [2.45, 2.75) is 20.5 Å². The number of hydrogen-bond acceptors (Lipinski definition) is 3. The number of nitrogens with zero attached hydrogens (tertiary/aromatic N) is 3. The van der Waals surface area contributed by atoms with Crippen molar-refractivity contribution in [1.82, 2.24) is 14.1 Å². The van der Waals surface area contributed by atoms with E-state index in [1.54, 1.807) is 12.5 Å². The molecule has 23 heavy (non-hydrogen) atoms. The molecule has 2 heterocycles. The van der Waals surface area contributed by atoms with Gasteiger partial charge in [-0.25, -0.2) is 4.98 Å². The van der Waals surface area contributed by atoms with Gasteiger partial charge in [0.1, 0.15) is 12.3 Å². The summed E-state index contributed by atoms with van der Waals surface area (Å²) in [5.41, 5.74) is 3.85. The Morgan fingerprint density at radius 1 is 1.35 bits per heavy atom. The number of aromatic nitrogens is 3. The van der Waals surface area contributed by atoms with E-state index in [2.05, 4.69) is 10.3 Å². The number of carbonyl (C=O) groups is 1. The average molecular weight is 312 g/mol. The summed E-state index contributed by atoms with van der Waals surface area (Å²) < 4.78 is 9.91. The summed E-state index contributed by atoms with van der Waals surface area (Å²) in [6.07, 6.45) is 3.51. The number of nitrogens with one attached hydrogen (secondary N) is 1. The molecule has 1 amide bonds. The third kappa shape index (κ3) is 2.67. The van der Waals surface area contributed by atoms with Gasteiger partial charge in [-0.1, -0.05) is 18.2 Å². The van der Waals surface area contributed by atoms with Crippen LogP contribution >= 0.6 is 0 Å². The predicted octanol–water partition coefficient (Wildman–Crippen LogP) is 2.76. The molecular formula is C17H20N4O2. The number of anilines is 1. The van der Waals surface area contributed by atoms with Gasteiger partial charge in [0.15, 0.2) is 0 Å². The van der Waals surface area contributed by atoms with Gasteiger partial charge in [0.2, 0.25) is 11.8 Å². The first-order valence-corrected chi connectivity index (χ1v) is 7.42. The maximum absolute atomic E-state index is 11.6. The van der Waals surface area contributed by atoms with Crippen LogP contribution in [0.2, 0.25) is 0 Å². The van der Waals surface area contributed by atoms with Gasteiger partial charge in [0.05, 0.1) is 23.7 Å². The molecule has 120 valence electrons. The van der Waals surface area contributed by atoms with Crippen LogP contribution in [0, 0.1) is 6.92 Å². The van der Waals surface area contributed by atoms with Crippen molar-refractivity contribution in [2.75, 3.05) is 5.32 Å². The number of para-hydroxylation sites is 1. The molecule has 0 aliphatic rings. The predicted molar refractivity (Wildman–Crippen MR) is 89.5 cm³/mol. The van der Waals surface area contributed by atoms with Gasteiger partial charge in [-0.15, -0.1) is 0 Å². The van der Waals surface area contributed by atoms with Crippen LogP contribution < -0.4 is 10.1 Å². The largest absolute Gasteiger partial charge is 0.471 e. The lowest BCUT2D eigenvalue weighted by molar-refractivity contribution is -0.114. The highest BCUT2D eigenvalue weighted by molar-refractivity contribution is 6.05. The molecule has 0 unspecified atom stereocenters. The second-order valence-corrected chi connectivity index (χ2v) is 5.68. The van der Waals surface area contributed by atoms with Gasteiger partial charge in [-0.3, -0.25) is 4.79 Å². The zero-order chi connectivity index (χ0) is 16.6. The van der Waals surface area contributed by atoms with Crippen LogP contribution in [0.15, 0.2) is 30.7 Å². The third-order valence-electron chi connectivity index (χ3n) is 3.94. The Labute approximate surface area is 134 Å². The maximum Gasteiger partial charge on any atom is 0.221 e. The van der Waals surface area contributed by atoms with Crippen molar-refractivity contribution in [3.05, 3.63) is 42.0 Å². The van der Waals surface area contributed by atoms with E-state index in [0.29, 0.717) is 18.2 Å². The van der Waals surface area contributed by atoms with Gasteiger partial charge in [0, 0.05) is 26.4 Å². The summed E-state index contributed by atoms with van der Waals surface area (Å²) in [7, 11) is 3.87. The first kappa shape index (κ1) is 15.1. The Kier molecular flexibility index (Phi) is 3.82. The molecule has 0 aliphatic carbocycles. The van der Waals surface area contributed by atoms with E-state index in [9.17, 15) is 4.79 Å². The minimum atomic E-state index is -0.121. The fourth-order valence-electron chi connectivity index (χ4n) is 2.82. The van der Waals surface area contributed by atoms with E-state index in [0.717, 1.165) is 22.2 Å². The molecule has 0 saturated heterocycles. The Bertz CT molecular complexity index is 876. The highest BCUT2D eigenvalue weighted by Gasteiger charge is 2.19. The molecule has 0 fully saturated rings. The number of rotatable bonds is 4. The van der Waals surface area contributed by atoms with E-state index in [1.807, 2.05) is 48.4 Å². The Morgan fingerprint density at radius 3 is 2.78 bits per heavy atom. The third-order valence-corrected chi connectivity index (χ3v) is 3.94. The SMILES string of the molecule is CC(=O)Nc1c(OCc2cncn2C)n(C)c2c(C)cccc12. The van der Waals surface area contributed by atoms with Crippen molar-refractivity contribution in [3.63, 3.8) is 0 Å². The number of hydrogen-bond donors (Lipinski definition) is 1. The number of benzene rings is 1. The smallest absolute Gasteiger partial charge is 0.221 e. The summed E-state index contributed by atoms with van der Waals surface area (Å²) >= 11 is 0. The minimum Gasteiger partial charge on any atom is -0.471 e. The van der Waals surface area contributed by atoms with E-state index < -0.39 is 0 Å². The Hall–Kier alpha value is -2.76. The molecular weight excluding hydrogens is 292 g/mol. The first-order chi connectivity index (χ1) is 11.0. The molecule has 6 heteroatoms.